The largest absolute Gasteiger partial charge is 0.355 e. The number of fused-ring (bicyclic) bond motifs is 5. The molecule has 0 amide bonds. The lowest BCUT2D eigenvalue weighted by Crippen LogP contribution is -1.97. The Morgan fingerprint density at radius 1 is 0.276 bits per heavy atom. The van der Waals surface area contributed by atoms with Crippen LogP contribution in [0.3, 0.4) is 0 Å². The molecule has 0 radical (unpaired) electrons. The maximum Gasteiger partial charge on any atom is 0.0552 e. The summed E-state index contributed by atoms with van der Waals surface area (Å²) < 4.78 is 0. The zero-order valence-corrected chi connectivity index (χ0v) is 31.8. The van der Waals surface area contributed by atoms with E-state index in [9.17, 15) is 0 Å². The van der Waals surface area contributed by atoms with Crippen molar-refractivity contribution >= 4 is 54.7 Å². The van der Waals surface area contributed by atoms with Gasteiger partial charge in [0.2, 0.25) is 0 Å². The van der Waals surface area contributed by atoms with Crippen molar-refractivity contribution < 1.29 is 0 Å². The lowest BCUT2D eigenvalue weighted by atomic mass is 9.86. The topological polar surface area (TPSA) is 27.8 Å². The van der Waals surface area contributed by atoms with Gasteiger partial charge in [0.15, 0.2) is 0 Å². The van der Waals surface area contributed by atoms with Crippen LogP contribution in [0.4, 0.5) is 11.4 Å². The van der Waals surface area contributed by atoms with Crippen LogP contribution in [0, 0.1) is 0 Å². The van der Waals surface area contributed by atoms with Crippen molar-refractivity contribution in [1.29, 1.82) is 0 Å². The van der Waals surface area contributed by atoms with E-state index >= 15 is 0 Å². The SMILES string of the molecule is c1ccc(-c2c(Nc3ccc(-c4ccc(-c5c6ccccc6c(-c6ccccc6)c6ccccc56)cc4)cc3)cc3c([nH]c4ccccc43)c2-c2ccccc2)cc1. The number of para-hydroxylation sites is 1. The van der Waals surface area contributed by atoms with Crippen LogP contribution in [0.25, 0.3) is 99.0 Å². The predicted octanol–water partition coefficient (Wildman–Crippen LogP) is 15.7. The van der Waals surface area contributed by atoms with Gasteiger partial charge >= 0.3 is 0 Å². The summed E-state index contributed by atoms with van der Waals surface area (Å²) >= 11 is 0. The first-order chi connectivity index (χ1) is 28.8. The van der Waals surface area contributed by atoms with Crippen molar-refractivity contribution in [2.75, 3.05) is 5.32 Å². The van der Waals surface area contributed by atoms with E-state index < -0.39 is 0 Å². The van der Waals surface area contributed by atoms with Gasteiger partial charge in [-0.1, -0.05) is 194 Å². The Balaban J connectivity index is 0.982. The summed E-state index contributed by atoms with van der Waals surface area (Å²) in [6.07, 6.45) is 0. The number of H-pyrrole nitrogens is 1. The standard InChI is InChI=1S/C56H38N2/c1-4-16-39(17-5-1)52-45-23-10-12-25-47(45)53(48-26-13-11-24-46(48)52)42-30-28-37(29-31-42)38-32-34-43(35-33-38)57-51-36-49-44-22-14-15-27-50(44)58-56(49)55(41-20-8-3-9-21-41)54(51)40-18-6-2-7-19-40/h1-36,57-58H. The van der Waals surface area contributed by atoms with Crippen molar-refractivity contribution in [1.82, 2.24) is 4.98 Å². The minimum absolute atomic E-state index is 1.03. The molecule has 10 aromatic carbocycles. The van der Waals surface area contributed by atoms with Gasteiger partial charge < -0.3 is 10.3 Å². The van der Waals surface area contributed by atoms with E-state index in [4.69, 9.17) is 0 Å². The number of hydrogen-bond acceptors (Lipinski definition) is 1. The van der Waals surface area contributed by atoms with Crippen LogP contribution in [-0.4, -0.2) is 4.98 Å². The molecular formula is C56H38N2. The van der Waals surface area contributed by atoms with Crippen molar-refractivity contribution in [3.8, 4) is 55.6 Å². The predicted molar refractivity (Wildman–Crippen MR) is 248 cm³/mol. The second-order valence-corrected chi connectivity index (χ2v) is 15.0. The Morgan fingerprint density at radius 2 is 0.655 bits per heavy atom. The van der Waals surface area contributed by atoms with Crippen molar-refractivity contribution in [2.45, 2.75) is 0 Å². The number of hydrogen-bond donors (Lipinski definition) is 2. The van der Waals surface area contributed by atoms with Gasteiger partial charge in [0.05, 0.1) is 5.52 Å². The van der Waals surface area contributed by atoms with Gasteiger partial charge in [-0.2, -0.15) is 0 Å². The summed E-state index contributed by atoms with van der Waals surface area (Å²) in [5.74, 6) is 0. The maximum absolute atomic E-state index is 3.87. The van der Waals surface area contributed by atoms with Crippen LogP contribution in [0.5, 0.6) is 0 Å². The number of rotatable bonds is 7. The van der Waals surface area contributed by atoms with E-state index in [-0.39, 0.29) is 0 Å². The molecule has 0 aliphatic carbocycles. The molecule has 2 N–H and O–H groups in total. The molecule has 1 heterocycles. The van der Waals surface area contributed by atoms with Crippen molar-refractivity contribution in [2.24, 2.45) is 0 Å². The summed E-state index contributed by atoms with van der Waals surface area (Å²) in [4.78, 5) is 3.78. The summed E-state index contributed by atoms with van der Waals surface area (Å²) in [7, 11) is 0. The first-order valence-corrected chi connectivity index (χ1v) is 19.9. The average Bonchev–Trinajstić information content (AvgIpc) is 3.67. The number of anilines is 2. The lowest BCUT2D eigenvalue weighted by molar-refractivity contribution is 1.51. The third kappa shape index (κ3) is 5.74. The molecule has 2 heteroatoms. The number of aromatic nitrogens is 1. The molecule has 0 unspecified atom stereocenters. The van der Waals surface area contributed by atoms with Crippen LogP contribution in [0.1, 0.15) is 0 Å². The van der Waals surface area contributed by atoms with E-state index in [1.165, 1.54) is 82.4 Å². The molecule has 0 aliphatic heterocycles. The van der Waals surface area contributed by atoms with Crippen molar-refractivity contribution in [3.63, 3.8) is 0 Å². The normalized spacial score (nSPS) is 11.4. The molecule has 0 saturated heterocycles. The van der Waals surface area contributed by atoms with E-state index in [0.717, 1.165) is 28.0 Å². The number of aromatic amines is 1. The summed E-state index contributed by atoms with van der Waals surface area (Å²) in [5.41, 5.74) is 16.4. The fourth-order valence-corrected chi connectivity index (χ4v) is 8.97. The highest BCUT2D eigenvalue weighted by atomic mass is 14.9. The molecule has 2 nitrogen and oxygen atoms in total. The van der Waals surface area contributed by atoms with Crippen LogP contribution >= 0.6 is 0 Å². The molecule has 11 aromatic rings. The molecule has 1 aromatic heterocycles. The Kier molecular flexibility index (Phi) is 8.19. The molecule has 272 valence electrons. The molecule has 0 bridgehead atoms. The Hall–Kier alpha value is -7.68. The molecular weight excluding hydrogens is 701 g/mol. The highest BCUT2D eigenvalue weighted by Gasteiger charge is 2.21. The molecule has 11 rings (SSSR count). The first kappa shape index (κ1) is 33.6. The van der Waals surface area contributed by atoms with Gasteiger partial charge in [0.1, 0.15) is 0 Å². The monoisotopic (exact) mass is 738 g/mol. The molecule has 0 atom stereocenters. The Morgan fingerprint density at radius 3 is 1.17 bits per heavy atom. The first-order valence-electron chi connectivity index (χ1n) is 19.9. The maximum atomic E-state index is 3.87. The number of nitrogens with one attached hydrogen (secondary N) is 2. The number of benzene rings is 10. The lowest BCUT2D eigenvalue weighted by Gasteiger charge is -2.19. The van der Waals surface area contributed by atoms with Gasteiger partial charge in [-0.25, -0.2) is 0 Å². The van der Waals surface area contributed by atoms with Crippen LogP contribution in [-0.2, 0) is 0 Å². The fourth-order valence-electron chi connectivity index (χ4n) is 8.97. The minimum atomic E-state index is 1.03. The van der Waals surface area contributed by atoms with E-state index in [0.29, 0.717) is 0 Å². The van der Waals surface area contributed by atoms with Crippen LogP contribution in [0.15, 0.2) is 218 Å². The van der Waals surface area contributed by atoms with Crippen LogP contribution in [0.2, 0.25) is 0 Å². The van der Waals surface area contributed by atoms with Gasteiger partial charge in [-0.3, -0.25) is 0 Å². The summed E-state index contributed by atoms with van der Waals surface area (Å²) in [6, 6.07) is 78.8. The van der Waals surface area contributed by atoms with Gasteiger partial charge in [0.25, 0.3) is 0 Å². The van der Waals surface area contributed by atoms with E-state index in [2.05, 4.69) is 229 Å². The molecule has 58 heavy (non-hydrogen) atoms. The van der Waals surface area contributed by atoms with Gasteiger partial charge in [0, 0.05) is 38.8 Å². The van der Waals surface area contributed by atoms with E-state index in [1.54, 1.807) is 0 Å². The zero-order valence-electron chi connectivity index (χ0n) is 31.8. The highest BCUT2D eigenvalue weighted by molar-refractivity contribution is 6.21. The average molecular weight is 739 g/mol. The second-order valence-electron chi connectivity index (χ2n) is 15.0. The van der Waals surface area contributed by atoms with Crippen molar-refractivity contribution in [3.05, 3.63) is 218 Å². The minimum Gasteiger partial charge on any atom is -0.355 e. The third-order valence-corrected chi connectivity index (χ3v) is 11.6. The molecule has 0 aliphatic rings. The second kappa shape index (κ2) is 14.1. The summed E-state index contributed by atoms with van der Waals surface area (Å²) in [5, 5.41) is 11.3. The van der Waals surface area contributed by atoms with Gasteiger partial charge in [-0.05, 0) is 90.3 Å². The third-order valence-electron chi connectivity index (χ3n) is 11.6. The zero-order chi connectivity index (χ0) is 38.4. The van der Waals surface area contributed by atoms with Crippen LogP contribution < -0.4 is 5.32 Å². The fraction of sp³-hybridized carbons (Fsp3) is 0. The quantitative estimate of drug-likeness (QED) is 0.157. The Labute approximate surface area is 337 Å². The summed E-state index contributed by atoms with van der Waals surface area (Å²) in [6.45, 7) is 0. The van der Waals surface area contributed by atoms with Gasteiger partial charge in [-0.15, -0.1) is 0 Å². The molecule has 0 saturated carbocycles. The highest BCUT2D eigenvalue weighted by Crippen LogP contribution is 2.47. The van der Waals surface area contributed by atoms with E-state index in [1.807, 2.05) is 0 Å². The molecule has 0 fully saturated rings. The Bertz CT molecular complexity index is 3200. The molecule has 0 spiro atoms. The smallest absolute Gasteiger partial charge is 0.0552 e.